The molecule has 7 heteroatoms. The molecule has 0 radical (unpaired) electrons. The van der Waals surface area contributed by atoms with Gasteiger partial charge in [-0.2, -0.15) is 0 Å². The molecule has 1 aliphatic rings. The molecule has 0 spiro atoms. The lowest BCUT2D eigenvalue weighted by Gasteiger charge is -2.23. The molecule has 0 bridgehead atoms. The first-order valence-corrected chi connectivity index (χ1v) is 9.44. The van der Waals surface area contributed by atoms with Crippen LogP contribution in [0, 0.1) is 6.92 Å². The van der Waals surface area contributed by atoms with E-state index in [0.29, 0.717) is 17.6 Å². The van der Waals surface area contributed by atoms with Gasteiger partial charge in [-0.1, -0.05) is 18.2 Å². The van der Waals surface area contributed by atoms with Gasteiger partial charge in [0.1, 0.15) is 12.4 Å². The molecule has 7 nitrogen and oxygen atoms in total. The summed E-state index contributed by atoms with van der Waals surface area (Å²) < 4.78 is 6.64. The number of hydrogen-bond acceptors (Lipinski definition) is 4. The predicted octanol–water partition coefficient (Wildman–Crippen LogP) is 3.14. The van der Waals surface area contributed by atoms with Crippen LogP contribution in [0.1, 0.15) is 30.3 Å². The number of nitrogens with one attached hydrogen (secondary N) is 1. The summed E-state index contributed by atoms with van der Waals surface area (Å²) >= 11 is 0. The molecular formula is C21H20N4O3. The summed E-state index contributed by atoms with van der Waals surface area (Å²) in [6, 6.07) is 13.1. The number of aryl methyl sites for hydroxylation is 1. The van der Waals surface area contributed by atoms with E-state index in [-0.39, 0.29) is 18.5 Å². The largest absolute Gasteiger partial charge is 0.420 e. The smallest absolute Gasteiger partial charge is 0.408 e. The number of para-hydroxylation sites is 2. The average molecular weight is 376 g/mol. The molecule has 0 aliphatic carbocycles. The molecule has 1 N–H and O–H groups in total. The summed E-state index contributed by atoms with van der Waals surface area (Å²) in [6.07, 6.45) is 1.76. The second-order valence-electron chi connectivity index (χ2n) is 7.31. The van der Waals surface area contributed by atoms with Crippen molar-refractivity contribution >= 4 is 28.0 Å². The number of likely N-dealkylation sites (tertiary alicyclic amines) is 1. The Morgan fingerprint density at radius 2 is 2.14 bits per heavy atom. The molecule has 2 aromatic heterocycles. The summed E-state index contributed by atoms with van der Waals surface area (Å²) in [4.78, 5) is 35.1. The minimum Gasteiger partial charge on any atom is -0.408 e. The molecular weight excluding hydrogens is 356 g/mol. The highest BCUT2D eigenvalue weighted by atomic mass is 16.4. The molecule has 2 aromatic carbocycles. The summed E-state index contributed by atoms with van der Waals surface area (Å²) in [7, 11) is 0. The van der Waals surface area contributed by atoms with Crippen molar-refractivity contribution < 1.29 is 9.21 Å². The van der Waals surface area contributed by atoms with Crippen molar-refractivity contribution in [1.82, 2.24) is 19.4 Å². The van der Waals surface area contributed by atoms with Gasteiger partial charge in [-0.05, 0) is 49.6 Å². The molecule has 1 amide bonds. The maximum absolute atomic E-state index is 13.0. The van der Waals surface area contributed by atoms with Gasteiger partial charge in [-0.3, -0.25) is 9.36 Å². The third-order valence-corrected chi connectivity index (χ3v) is 5.41. The van der Waals surface area contributed by atoms with Gasteiger partial charge >= 0.3 is 5.76 Å². The van der Waals surface area contributed by atoms with Crippen LogP contribution < -0.4 is 5.76 Å². The molecule has 4 aromatic rings. The minimum atomic E-state index is -0.510. The lowest BCUT2D eigenvalue weighted by molar-refractivity contribution is -0.132. The molecule has 0 saturated carbocycles. The first-order valence-electron chi connectivity index (χ1n) is 9.44. The Labute approximate surface area is 160 Å². The fourth-order valence-electron chi connectivity index (χ4n) is 4.04. The molecule has 5 rings (SSSR count). The zero-order chi connectivity index (χ0) is 19.3. The summed E-state index contributed by atoms with van der Waals surface area (Å²) in [5, 5.41) is 0. The number of amides is 1. The second kappa shape index (κ2) is 6.37. The van der Waals surface area contributed by atoms with Gasteiger partial charge in [0.25, 0.3) is 0 Å². The number of carbonyl (C=O) groups is 1. The molecule has 28 heavy (non-hydrogen) atoms. The van der Waals surface area contributed by atoms with E-state index in [1.54, 1.807) is 18.2 Å². The van der Waals surface area contributed by atoms with Gasteiger partial charge in [0.2, 0.25) is 5.91 Å². The van der Waals surface area contributed by atoms with E-state index in [1.807, 2.05) is 30.0 Å². The highest BCUT2D eigenvalue weighted by Crippen LogP contribution is 2.32. The standard InChI is InChI=1S/C21H20N4O3/c1-13-8-9-14-15(11-13)23-20(22-14)17-6-4-10-24(17)19(26)12-25-16-5-2-3-7-18(16)28-21(25)27/h2-3,5,7-9,11,17H,4,6,10,12H2,1H3,(H,22,23)/t17-/m1/s1. The molecule has 1 fully saturated rings. The van der Waals surface area contributed by atoms with Gasteiger partial charge < -0.3 is 14.3 Å². The zero-order valence-electron chi connectivity index (χ0n) is 15.5. The van der Waals surface area contributed by atoms with Crippen molar-refractivity contribution in [1.29, 1.82) is 0 Å². The number of benzene rings is 2. The third kappa shape index (κ3) is 2.70. The van der Waals surface area contributed by atoms with Crippen molar-refractivity contribution in [3.05, 3.63) is 64.4 Å². The molecule has 142 valence electrons. The Hall–Kier alpha value is -3.35. The van der Waals surface area contributed by atoms with E-state index < -0.39 is 5.76 Å². The van der Waals surface area contributed by atoms with Crippen LogP contribution >= 0.6 is 0 Å². The highest BCUT2D eigenvalue weighted by Gasteiger charge is 2.32. The van der Waals surface area contributed by atoms with Crippen molar-refractivity contribution in [2.75, 3.05) is 6.54 Å². The van der Waals surface area contributed by atoms with E-state index in [9.17, 15) is 9.59 Å². The van der Waals surface area contributed by atoms with E-state index in [4.69, 9.17) is 9.40 Å². The van der Waals surface area contributed by atoms with Crippen molar-refractivity contribution in [2.24, 2.45) is 0 Å². The van der Waals surface area contributed by atoms with Gasteiger partial charge in [0.05, 0.1) is 22.6 Å². The Morgan fingerprint density at radius 3 is 3.04 bits per heavy atom. The van der Waals surface area contributed by atoms with Crippen LogP contribution in [0.3, 0.4) is 0 Å². The molecule has 1 aliphatic heterocycles. The number of H-pyrrole nitrogens is 1. The summed E-state index contributed by atoms with van der Waals surface area (Å²) in [5.74, 6) is 0.188. The number of imidazole rings is 1. The lowest BCUT2D eigenvalue weighted by Crippen LogP contribution is -2.35. The number of aromatic nitrogens is 3. The number of carbonyl (C=O) groups excluding carboxylic acids is 1. The number of rotatable bonds is 3. The number of fused-ring (bicyclic) bond motifs is 2. The first-order chi connectivity index (χ1) is 13.6. The maximum Gasteiger partial charge on any atom is 0.420 e. The predicted molar refractivity (Wildman–Crippen MR) is 105 cm³/mol. The summed E-state index contributed by atoms with van der Waals surface area (Å²) in [6.45, 7) is 2.66. The van der Waals surface area contributed by atoms with Crippen LogP contribution in [-0.4, -0.2) is 31.9 Å². The Kier molecular flexibility index (Phi) is 3.82. The van der Waals surface area contributed by atoms with Crippen LogP contribution in [0.4, 0.5) is 0 Å². The molecule has 1 saturated heterocycles. The van der Waals surface area contributed by atoms with Crippen LogP contribution in [0.15, 0.2) is 51.7 Å². The average Bonchev–Trinajstić information content (AvgIpc) is 3.38. The first kappa shape index (κ1) is 16.8. The fraction of sp³-hybridized carbons (Fsp3) is 0.286. The van der Waals surface area contributed by atoms with Gasteiger partial charge in [0, 0.05) is 6.54 Å². The van der Waals surface area contributed by atoms with E-state index in [2.05, 4.69) is 11.1 Å². The number of oxazole rings is 1. The normalized spacial score (nSPS) is 17.0. The third-order valence-electron chi connectivity index (χ3n) is 5.41. The zero-order valence-corrected chi connectivity index (χ0v) is 15.5. The van der Waals surface area contributed by atoms with Gasteiger partial charge in [-0.15, -0.1) is 0 Å². The number of aromatic amines is 1. The summed E-state index contributed by atoms with van der Waals surface area (Å²) in [5.41, 5.74) is 4.17. The lowest BCUT2D eigenvalue weighted by atomic mass is 10.2. The van der Waals surface area contributed by atoms with Crippen molar-refractivity contribution in [3.8, 4) is 0 Å². The van der Waals surface area contributed by atoms with E-state index >= 15 is 0 Å². The van der Waals surface area contributed by atoms with E-state index in [0.717, 1.165) is 35.3 Å². The SMILES string of the molecule is Cc1ccc2nc([C@H]3CCCN3C(=O)Cn3c(=O)oc4ccccc43)[nH]c2c1. The molecule has 3 heterocycles. The van der Waals surface area contributed by atoms with Crippen LogP contribution in [0.25, 0.3) is 22.1 Å². The van der Waals surface area contributed by atoms with Crippen LogP contribution in [0.2, 0.25) is 0 Å². The quantitative estimate of drug-likeness (QED) is 0.595. The van der Waals surface area contributed by atoms with E-state index in [1.165, 1.54) is 4.57 Å². The Morgan fingerprint density at radius 1 is 1.29 bits per heavy atom. The van der Waals surface area contributed by atoms with Crippen LogP contribution in [-0.2, 0) is 11.3 Å². The number of hydrogen-bond donors (Lipinski definition) is 1. The minimum absolute atomic E-state index is 0.0360. The van der Waals surface area contributed by atoms with Crippen molar-refractivity contribution in [3.63, 3.8) is 0 Å². The Bertz CT molecular complexity index is 1250. The fourth-order valence-corrected chi connectivity index (χ4v) is 4.04. The Balaban J connectivity index is 1.45. The monoisotopic (exact) mass is 376 g/mol. The number of nitrogens with zero attached hydrogens (tertiary/aromatic N) is 3. The van der Waals surface area contributed by atoms with Crippen molar-refractivity contribution in [2.45, 2.75) is 32.4 Å². The topological polar surface area (TPSA) is 84.1 Å². The second-order valence-corrected chi connectivity index (χ2v) is 7.31. The molecule has 0 unspecified atom stereocenters. The van der Waals surface area contributed by atoms with Crippen LogP contribution in [0.5, 0.6) is 0 Å². The van der Waals surface area contributed by atoms with Gasteiger partial charge in [0.15, 0.2) is 5.58 Å². The maximum atomic E-state index is 13.0. The van der Waals surface area contributed by atoms with Gasteiger partial charge in [-0.25, -0.2) is 9.78 Å². The highest BCUT2D eigenvalue weighted by molar-refractivity contribution is 5.80. The molecule has 1 atom stereocenters.